The first-order chi connectivity index (χ1) is 8.15. The third-order valence-corrected chi connectivity index (χ3v) is 2.50. The van der Waals surface area contributed by atoms with Crippen LogP contribution in [0.1, 0.15) is 6.92 Å². The Labute approximate surface area is 100 Å². The lowest BCUT2D eigenvalue weighted by Gasteiger charge is -2.25. The van der Waals surface area contributed by atoms with Gasteiger partial charge in [-0.3, -0.25) is 4.79 Å². The standard InChI is InChI=1S/C12H17FN2O2/c1-3-15(12(16)11(8-14)17-2)10-7-5-4-6-9(10)13/h4-7,11H,3,8,14H2,1-2H3. The van der Waals surface area contributed by atoms with E-state index in [2.05, 4.69) is 0 Å². The molecule has 1 aromatic rings. The van der Waals surface area contributed by atoms with Gasteiger partial charge in [-0.15, -0.1) is 0 Å². The zero-order valence-electron chi connectivity index (χ0n) is 10.0. The number of nitrogens with two attached hydrogens (primary N) is 1. The number of para-hydroxylation sites is 1. The number of amides is 1. The summed E-state index contributed by atoms with van der Waals surface area (Å²) < 4.78 is 18.6. The van der Waals surface area contributed by atoms with Gasteiger partial charge in [-0.05, 0) is 19.1 Å². The molecule has 1 unspecified atom stereocenters. The molecule has 0 spiro atoms. The normalized spacial score (nSPS) is 12.2. The Bertz CT molecular complexity index is 381. The van der Waals surface area contributed by atoms with Crippen LogP contribution in [0.2, 0.25) is 0 Å². The Kier molecular flexibility index (Phi) is 5.06. The van der Waals surface area contributed by atoms with Crippen LogP contribution in [0.15, 0.2) is 24.3 Å². The number of rotatable bonds is 5. The largest absolute Gasteiger partial charge is 0.370 e. The molecule has 0 bridgehead atoms. The van der Waals surface area contributed by atoms with Crippen LogP contribution < -0.4 is 10.6 Å². The first-order valence-corrected chi connectivity index (χ1v) is 5.44. The van der Waals surface area contributed by atoms with E-state index in [9.17, 15) is 9.18 Å². The summed E-state index contributed by atoms with van der Waals surface area (Å²) in [5, 5.41) is 0. The number of hydrogen-bond acceptors (Lipinski definition) is 3. The van der Waals surface area contributed by atoms with E-state index in [0.717, 1.165) is 0 Å². The van der Waals surface area contributed by atoms with Crippen molar-refractivity contribution in [2.75, 3.05) is 25.1 Å². The minimum Gasteiger partial charge on any atom is -0.370 e. The maximum absolute atomic E-state index is 13.6. The van der Waals surface area contributed by atoms with Gasteiger partial charge in [0.05, 0.1) is 5.69 Å². The van der Waals surface area contributed by atoms with Crippen molar-refractivity contribution >= 4 is 11.6 Å². The number of carbonyl (C=O) groups is 1. The van der Waals surface area contributed by atoms with Gasteiger partial charge in [0.2, 0.25) is 0 Å². The highest BCUT2D eigenvalue weighted by Gasteiger charge is 2.24. The van der Waals surface area contributed by atoms with Crippen LogP contribution in [-0.2, 0) is 9.53 Å². The molecular formula is C12H17FN2O2. The van der Waals surface area contributed by atoms with Gasteiger partial charge in [0.1, 0.15) is 11.9 Å². The van der Waals surface area contributed by atoms with Crippen LogP contribution in [0.4, 0.5) is 10.1 Å². The fourth-order valence-electron chi connectivity index (χ4n) is 1.59. The van der Waals surface area contributed by atoms with Crippen molar-refractivity contribution in [2.24, 2.45) is 5.73 Å². The van der Waals surface area contributed by atoms with Gasteiger partial charge in [-0.2, -0.15) is 0 Å². The molecule has 1 atom stereocenters. The van der Waals surface area contributed by atoms with Crippen molar-refractivity contribution in [3.8, 4) is 0 Å². The van der Waals surface area contributed by atoms with E-state index in [1.807, 2.05) is 0 Å². The molecule has 5 heteroatoms. The number of anilines is 1. The second kappa shape index (κ2) is 6.32. The predicted molar refractivity (Wildman–Crippen MR) is 64.3 cm³/mol. The van der Waals surface area contributed by atoms with Gasteiger partial charge in [0.15, 0.2) is 0 Å². The minimum absolute atomic E-state index is 0.0697. The number of hydrogen-bond donors (Lipinski definition) is 1. The zero-order valence-corrected chi connectivity index (χ0v) is 10.0. The van der Waals surface area contributed by atoms with Crippen molar-refractivity contribution in [3.05, 3.63) is 30.1 Å². The SMILES string of the molecule is CCN(C(=O)C(CN)OC)c1ccccc1F. The van der Waals surface area contributed by atoms with Crippen LogP contribution in [0.25, 0.3) is 0 Å². The molecule has 0 aliphatic heterocycles. The predicted octanol–water partition coefficient (Wildman–Crippen LogP) is 1.15. The van der Waals surface area contributed by atoms with Crippen LogP contribution in [0.3, 0.4) is 0 Å². The van der Waals surface area contributed by atoms with Gasteiger partial charge in [-0.1, -0.05) is 12.1 Å². The monoisotopic (exact) mass is 240 g/mol. The van der Waals surface area contributed by atoms with E-state index >= 15 is 0 Å². The molecule has 1 aromatic carbocycles. The quantitative estimate of drug-likeness (QED) is 0.840. The topological polar surface area (TPSA) is 55.6 Å². The Balaban J connectivity index is 3.00. The van der Waals surface area contributed by atoms with Crippen LogP contribution in [-0.4, -0.2) is 32.2 Å². The summed E-state index contributed by atoms with van der Waals surface area (Å²) in [6, 6.07) is 6.13. The first kappa shape index (κ1) is 13.6. The van der Waals surface area contributed by atoms with E-state index in [0.29, 0.717) is 6.54 Å². The van der Waals surface area contributed by atoms with E-state index in [4.69, 9.17) is 10.5 Å². The molecule has 0 aliphatic rings. The van der Waals surface area contributed by atoms with Gasteiger partial charge >= 0.3 is 0 Å². The number of likely N-dealkylation sites (N-methyl/N-ethyl adjacent to an activating group) is 1. The summed E-state index contributed by atoms with van der Waals surface area (Å²) in [7, 11) is 1.41. The molecule has 17 heavy (non-hydrogen) atoms. The van der Waals surface area contributed by atoms with Crippen molar-refractivity contribution in [2.45, 2.75) is 13.0 Å². The number of carbonyl (C=O) groups excluding carboxylic acids is 1. The smallest absolute Gasteiger partial charge is 0.257 e. The van der Waals surface area contributed by atoms with E-state index < -0.39 is 11.9 Å². The molecule has 0 heterocycles. The second-order valence-electron chi connectivity index (χ2n) is 3.49. The van der Waals surface area contributed by atoms with Gasteiger partial charge in [-0.25, -0.2) is 4.39 Å². The third-order valence-electron chi connectivity index (χ3n) is 2.50. The van der Waals surface area contributed by atoms with Crippen LogP contribution >= 0.6 is 0 Å². The molecule has 0 saturated carbocycles. The zero-order chi connectivity index (χ0) is 12.8. The van der Waals surface area contributed by atoms with Gasteiger partial charge in [0.25, 0.3) is 5.91 Å². The maximum atomic E-state index is 13.6. The van der Waals surface area contributed by atoms with Crippen molar-refractivity contribution < 1.29 is 13.9 Å². The fraction of sp³-hybridized carbons (Fsp3) is 0.417. The fourth-order valence-corrected chi connectivity index (χ4v) is 1.59. The molecule has 0 saturated heterocycles. The summed E-state index contributed by atoms with van der Waals surface area (Å²) in [6.45, 7) is 2.20. The summed E-state index contributed by atoms with van der Waals surface area (Å²) in [6.07, 6.45) is -0.741. The van der Waals surface area contributed by atoms with Gasteiger partial charge in [0, 0.05) is 20.2 Å². The number of methoxy groups -OCH3 is 1. The third kappa shape index (κ3) is 3.01. The van der Waals surface area contributed by atoms with Crippen molar-refractivity contribution in [1.29, 1.82) is 0 Å². The molecule has 94 valence electrons. The van der Waals surface area contributed by atoms with E-state index in [1.165, 1.54) is 18.1 Å². The van der Waals surface area contributed by atoms with Crippen LogP contribution in [0, 0.1) is 5.82 Å². The second-order valence-corrected chi connectivity index (χ2v) is 3.49. The Morgan fingerprint density at radius 3 is 2.65 bits per heavy atom. The Morgan fingerprint density at radius 1 is 1.53 bits per heavy atom. The molecule has 0 aromatic heterocycles. The molecule has 0 radical (unpaired) electrons. The number of benzene rings is 1. The minimum atomic E-state index is -0.741. The molecular weight excluding hydrogens is 223 g/mol. The van der Waals surface area contributed by atoms with Crippen molar-refractivity contribution in [1.82, 2.24) is 0 Å². The average Bonchev–Trinajstić information content (AvgIpc) is 2.34. The molecule has 0 fully saturated rings. The molecule has 2 N–H and O–H groups in total. The highest BCUT2D eigenvalue weighted by molar-refractivity contribution is 5.96. The van der Waals surface area contributed by atoms with Crippen LogP contribution in [0.5, 0.6) is 0 Å². The maximum Gasteiger partial charge on any atom is 0.257 e. The lowest BCUT2D eigenvalue weighted by atomic mass is 10.2. The lowest BCUT2D eigenvalue weighted by molar-refractivity contribution is -0.127. The first-order valence-electron chi connectivity index (χ1n) is 5.44. The lowest BCUT2D eigenvalue weighted by Crippen LogP contribution is -2.44. The van der Waals surface area contributed by atoms with Gasteiger partial charge < -0.3 is 15.4 Å². The summed E-state index contributed by atoms with van der Waals surface area (Å²) in [5.41, 5.74) is 5.67. The molecule has 1 amide bonds. The highest BCUT2D eigenvalue weighted by Crippen LogP contribution is 2.19. The van der Waals surface area contributed by atoms with E-state index in [-0.39, 0.29) is 18.1 Å². The number of ether oxygens (including phenoxy) is 1. The molecule has 4 nitrogen and oxygen atoms in total. The van der Waals surface area contributed by atoms with Crippen molar-refractivity contribution in [3.63, 3.8) is 0 Å². The highest BCUT2D eigenvalue weighted by atomic mass is 19.1. The number of halogens is 1. The van der Waals surface area contributed by atoms with E-state index in [1.54, 1.807) is 25.1 Å². The average molecular weight is 240 g/mol. The Hall–Kier alpha value is -1.46. The molecule has 0 aliphatic carbocycles. The Morgan fingerprint density at radius 2 is 2.18 bits per heavy atom. The summed E-state index contributed by atoms with van der Waals surface area (Å²) in [4.78, 5) is 13.4. The summed E-state index contributed by atoms with van der Waals surface area (Å²) >= 11 is 0. The number of nitrogens with zero attached hydrogens (tertiary/aromatic N) is 1. The molecule has 1 rings (SSSR count). The summed E-state index contributed by atoms with van der Waals surface area (Å²) in [5.74, 6) is -0.767.